The smallest absolute Gasteiger partial charge is 0.195 e. The van der Waals surface area contributed by atoms with Crippen LogP contribution in [0.15, 0.2) is 66.4 Å². The molecule has 4 rings (SSSR count). The van der Waals surface area contributed by atoms with Crippen LogP contribution in [0.1, 0.15) is 61.5 Å². The second-order valence-electron chi connectivity index (χ2n) is 13.0. The van der Waals surface area contributed by atoms with Crippen LogP contribution in [0.5, 0.6) is 11.5 Å². The molecule has 3 aromatic rings. The standard InChI is InChI=1S/C40H56FN5O2/c1-8-18-45(19-9-2)21-17-42-31(6)34(10-3)39(47)35-28-36(41)38(43-16-13-20-46-24-22-44(7)23-25-46)40(30(35)5)48-37-27-33-15-12-11-14-32(33)26-29(37)4/h10-12,14-15,26-28,42-43H,6,8-9,13,16-25H2,1-5,7H3/b34-10-. The lowest BCUT2D eigenvalue weighted by molar-refractivity contribution is 0.103. The van der Waals surface area contributed by atoms with Gasteiger partial charge >= 0.3 is 0 Å². The van der Waals surface area contributed by atoms with Crippen molar-refractivity contribution in [2.45, 2.75) is 53.9 Å². The Morgan fingerprint density at radius 2 is 1.67 bits per heavy atom. The molecule has 7 nitrogen and oxygen atoms in total. The normalized spacial score (nSPS) is 14.5. The molecule has 1 aliphatic rings. The Bertz CT molecular complexity index is 1570. The SMILES string of the molecule is C=C(NCCN(CCC)CCC)/C(=C/C)C(=O)c1cc(F)c(NCCCN2CCN(C)CC2)c(Oc2cc3ccccc3cc2C)c1C. The second kappa shape index (κ2) is 18.2. The molecule has 0 unspecified atom stereocenters. The number of piperazine rings is 1. The van der Waals surface area contributed by atoms with E-state index in [2.05, 4.69) is 64.9 Å². The highest BCUT2D eigenvalue weighted by Crippen LogP contribution is 2.40. The molecule has 0 amide bonds. The molecule has 0 bridgehead atoms. The maximum absolute atomic E-state index is 16.2. The van der Waals surface area contributed by atoms with Crippen LogP contribution in [0.25, 0.3) is 10.8 Å². The van der Waals surface area contributed by atoms with Crippen molar-refractivity contribution in [2.24, 2.45) is 0 Å². The van der Waals surface area contributed by atoms with Gasteiger partial charge in [0.2, 0.25) is 0 Å². The Morgan fingerprint density at radius 3 is 2.31 bits per heavy atom. The van der Waals surface area contributed by atoms with E-state index in [9.17, 15) is 4.79 Å². The van der Waals surface area contributed by atoms with Gasteiger partial charge < -0.3 is 30.1 Å². The monoisotopic (exact) mass is 657 g/mol. The van der Waals surface area contributed by atoms with Crippen LogP contribution in [0.4, 0.5) is 10.1 Å². The summed E-state index contributed by atoms with van der Waals surface area (Å²) in [4.78, 5) is 21.3. The Labute approximate surface area is 287 Å². The fourth-order valence-corrected chi connectivity index (χ4v) is 6.41. The summed E-state index contributed by atoms with van der Waals surface area (Å²) in [7, 11) is 2.15. The van der Waals surface area contributed by atoms with Crippen LogP contribution < -0.4 is 15.4 Å². The van der Waals surface area contributed by atoms with Gasteiger partial charge in [-0.1, -0.05) is 50.8 Å². The van der Waals surface area contributed by atoms with E-state index in [1.807, 2.05) is 45.0 Å². The van der Waals surface area contributed by atoms with Crippen LogP contribution in [0.3, 0.4) is 0 Å². The van der Waals surface area contributed by atoms with Crippen molar-refractivity contribution in [3.05, 3.63) is 88.9 Å². The molecule has 1 heterocycles. The number of anilines is 1. The molecular formula is C40H56FN5O2. The molecule has 0 spiro atoms. The van der Waals surface area contributed by atoms with E-state index in [4.69, 9.17) is 4.74 Å². The van der Waals surface area contributed by atoms with Crippen molar-refractivity contribution in [3.63, 3.8) is 0 Å². The molecule has 260 valence electrons. The minimum atomic E-state index is -0.513. The average Bonchev–Trinajstić information content (AvgIpc) is 3.07. The van der Waals surface area contributed by atoms with E-state index in [1.165, 1.54) is 6.07 Å². The van der Waals surface area contributed by atoms with Crippen LogP contribution in [-0.2, 0) is 0 Å². The number of nitrogens with one attached hydrogen (secondary N) is 2. The molecule has 48 heavy (non-hydrogen) atoms. The zero-order chi connectivity index (χ0) is 34.6. The van der Waals surface area contributed by atoms with Gasteiger partial charge in [0.25, 0.3) is 0 Å². The number of fused-ring (bicyclic) bond motifs is 1. The summed E-state index contributed by atoms with van der Waals surface area (Å²) in [6.45, 7) is 23.5. The van der Waals surface area contributed by atoms with Gasteiger partial charge in [0.1, 0.15) is 11.4 Å². The molecule has 3 aromatic carbocycles. The first-order valence-corrected chi connectivity index (χ1v) is 17.7. The van der Waals surface area contributed by atoms with Crippen LogP contribution in [0.2, 0.25) is 0 Å². The highest BCUT2D eigenvalue weighted by molar-refractivity contribution is 6.12. The first-order chi connectivity index (χ1) is 23.2. The van der Waals surface area contributed by atoms with Gasteiger partial charge in [0.15, 0.2) is 17.3 Å². The number of allylic oxidation sites excluding steroid dienone is 2. The van der Waals surface area contributed by atoms with Crippen LogP contribution in [0, 0.1) is 19.7 Å². The highest BCUT2D eigenvalue weighted by Gasteiger charge is 2.25. The van der Waals surface area contributed by atoms with E-state index in [0.717, 1.165) is 88.0 Å². The van der Waals surface area contributed by atoms with Crippen LogP contribution in [-0.4, -0.2) is 93.0 Å². The Kier molecular flexibility index (Phi) is 14.0. The molecule has 1 saturated heterocycles. The summed E-state index contributed by atoms with van der Waals surface area (Å²) in [5.41, 5.74) is 3.02. The molecule has 8 heteroatoms. The lowest BCUT2D eigenvalue weighted by Crippen LogP contribution is -2.44. The average molecular weight is 658 g/mol. The Morgan fingerprint density at radius 1 is 1.00 bits per heavy atom. The highest BCUT2D eigenvalue weighted by atomic mass is 19.1. The van der Waals surface area contributed by atoms with Gasteiger partial charge in [-0.05, 0) is 101 Å². The fourth-order valence-electron chi connectivity index (χ4n) is 6.41. The number of nitrogens with zero attached hydrogens (tertiary/aromatic N) is 3. The van der Waals surface area contributed by atoms with Crippen molar-refractivity contribution in [1.29, 1.82) is 0 Å². The molecule has 0 aromatic heterocycles. The maximum Gasteiger partial charge on any atom is 0.195 e. The molecule has 1 fully saturated rings. The van der Waals surface area contributed by atoms with Gasteiger partial charge in [-0.15, -0.1) is 0 Å². The molecule has 0 radical (unpaired) electrons. The third-order valence-electron chi connectivity index (χ3n) is 9.23. The second-order valence-corrected chi connectivity index (χ2v) is 13.0. The number of likely N-dealkylation sites (N-methyl/N-ethyl adjacent to an activating group) is 1. The number of Topliss-reactive ketones (excluding diaryl/α,β-unsaturated/α-hetero) is 1. The van der Waals surface area contributed by atoms with Crippen molar-refractivity contribution < 1.29 is 13.9 Å². The molecule has 0 atom stereocenters. The lowest BCUT2D eigenvalue weighted by atomic mass is 9.95. The Hall–Kier alpha value is -3.72. The number of ketones is 1. The summed E-state index contributed by atoms with van der Waals surface area (Å²) < 4.78 is 22.8. The summed E-state index contributed by atoms with van der Waals surface area (Å²) in [5, 5.41) is 8.82. The molecular weight excluding hydrogens is 601 g/mol. The molecule has 2 N–H and O–H groups in total. The minimum Gasteiger partial charge on any atom is -0.454 e. The topological polar surface area (TPSA) is 60.1 Å². The number of carbonyl (C=O) groups excluding carboxylic acids is 1. The number of aryl methyl sites for hydroxylation is 1. The largest absolute Gasteiger partial charge is 0.454 e. The first kappa shape index (κ1) is 37.1. The first-order valence-electron chi connectivity index (χ1n) is 17.7. The number of rotatable bonds is 18. The van der Waals surface area contributed by atoms with Crippen molar-refractivity contribution in [2.75, 3.05) is 77.8 Å². The summed E-state index contributed by atoms with van der Waals surface area (Å²) in [5.74, 6) is 0.162. The van der Waals surface area contributed by atoms with Crippen molar-refractivity contribution >= 4 is 22.2 Å². The van der Waals surface area contributed by atoms with Crippen molar-refractivity contribution in [1.82, 2.24) is 20.0 Å². The third-order valence-corrected chi connectivity index (χ3v) is 9.23. The minimum absolute atomic E-state index is 0.263. The van der Waals surface area contributed by atoms with Crippen LogP contribution >= 0.6 is 0 Å². The van der Waals surface area contributed by atoms with Gasteiger partial charge in [-0.2, -0.15) is 0 Å². The fraction of sp³-hybridized carbons (Fsp3) is 0.475. The van der Waals surface area contributed by atoms with Gasteiger partial charge in [-0.25, -0.2) is 4.39 Å². The molecule has 0 saturated carbocycles. The van der Waals surface area contributed by atoms with Gasteiger partial charge in [-0.3, -0.25) is 4.79 Å². The molecule has 0 aliphatic carbocycles. The van der Waals surface area contributed by atoms with E-state index in [1.54, 1.807) is 6.08 Å². The van der Waals surface area contributed by atoms with E-state index >= 15 is 4.39 Å². The quantitative estimate of drug-likeness (QED) is 0.0627. The predicted molar refractivity (Wildman–Crippen MR) is 199 cm³/mol. The number of halogens is 1. The number of carbonyl (C=O) groups is 1. The van der Waals surface area contributed by atoms with E-state index in [0.29, 0.717) is 41.4 Å². The molecule has 1 aliphatic heterocycles. The summed E-state index contributed by atoms with van der Waals surface area (Å²) in [6, 6.07) is 13.5. The van der Waals surface area contributed by atoms with E-state index < -0.39 is 5.82 Å². The number of benzene rings is 3. The Balaban J connectivity index is 1.59. The van der Waals surface area contributed by atoms with Crippen molar-refractivity contribution in [3.8, 4) is 11.5 Å². The van der Waals surface area contributed by atoms with Gasteiger partial charge in [0.05, 0.1) is 0 Å². The van der Waals surface area contributed by atoms with E-state index in [-0.39, 0.29) is 17.0 Å². The lowest BCUT2D eigenvalue weighted by Gasteiger charge is -2.32. The van der Waals surface area contributed by atoms with Gasteiger partial charge in [0, 0.05) is 68.2 Å². The third kappa shape index (κ3) is 9.68. The number of hydrogen-bond donors (Lipinski definition) is 2. The number of hydrogen-bond acceptors (Lipinski definition) is 7. The zero-order valence-corrected chi connectivity index (χ0v) is 30.1. The summed E-state index contributed by atoms with van der Waals surface area (Å²) in [6.07, 6.45) is 4.80. The predicted octanol–water partition coefficient (Wildman–Crippen LogP) is 7.79. The zero-order valence-electron chi connectivity index (χ0n) is 30.1. The number of ether oxygens (including phenoxy) is 1. The summed E-state index contributed by atoms with van der Waals surface area (Å²) >= 11 is 0. The maximum atomic E-state index is 16.2.